The summed E-state index contributed by atoms with van der Waals surface area (Å²) in [6.07, 6.45) is 62.4. The number of nitrogens with one attached hydrogen (secondary N) is 1. The van der Waals surface area contributed by atoms with Crippen LogP contribution in [0.5, 0.6) is 0 Å². The van der Waals surface area contributed by atoms with Crippen LogP contribution in [0, 0.1) is 0 Å². The molecule has 1 aliphatic heterocycles. The molecule has 6 N–H and O–H groups in total. The van der Waals surface area contributed by atoms with E-state index in [0.717, 1.165) is 109 Å². The third-order valence-electron chi connectivity index (χ3n) is 13.5. The molecule has 0 radical (unpaired) electrons. The van der Waals surface area contributed by atoms with Gasteiger partial charge in [0.05, 0.1) is 25.4 Å². The van der Waals surface area contributed by atoms with Crippen LogP contribution in [0.2, 0.25) is 0 Å². The van der Waals surface area contributed by atoms with E-state index in [-0.39, 0.29) is 19.4 Å². The molecule has 1 amide bonds. The summed E-state index contributed by atoms with van der Waals surface area (Å²) in [5.74, 6) is -1.26. The Morgan fingerprint density at radius 2 is 0.987 bits per heavy atom. The van der Waals surface area contributed by atoms with E-state index in [1.165, 1.54) is 64.2 Å². The monoisotopic (exact) mass is 1080 g/mol. The predicted molar refractivity (Wildman–Crippen MR) is 319 cm³/mol. The summed E-state index contributed by atoms with van der Waals surface area (Å²) in [4.78, 5) is 26.5. The Kier molecular flexibility index (Phi) is 48.7. The molecule has 1 aliphatic rings. The fourth-order valence-corrected chi connectivity index (χ4v) is 8.65. The van der Waals surface area contributed by atoms with Crippen molar-refractivity contribution in [2.24, 2.45) is 0 Å². The highest BCUT2D eigenvalue weighted by atomic mass is 16.7. The number of rotatable bonds is 49. The van der Waals surface area contributed by atoms with E-state index in [9.17, 15) is 35.1 Å². The lowest BCUT2D eigenvalue weighted by atomic mass is 9.99. The molecule has 77 heavy (non-hydrogen) atoms. The van der Waals surface area contributed by atoms with E-state index >= 15 is 0 Å². The van der Waals surface area contributed by atoms with Crippen molar-refractivity contribution >= 4 is 11.9 Å². The van der Waals surface area contributed by atoms with E-state index in [0.29, 0.717) is 12.8 Å². The molecule has 0 bridgehead atoms. The second-order valence-electron chi connectivity index (χ2n) is 20.5. The summed E-state index contributed by atoms with van der Waals surface area (Å²) in [6, 6.07) is -1.06. The molecule has 1 fully saturated rings. The number of hydrogen-bond donors (Lipinski definition) is 6. The maximum atomic E-state index is 13.4. The van der Waals surface area contributed by atoms with Crippen LogP contribution in [0.3, 0.4) is 0 Å². The molecule has 0 aromatic carbocycles. The average molecular weight is 1080 g/mol. The highest BCUT2D eigenvalue weighted by Gasteiger charge is 2.47. The summed E-state index contributed by atoms with van der Waals surface area (Å²) in [6.45, 7) is 5.55. The van der Waals surface area contributed by atoms with Gasteiger partial charge in [0.1, 0.15) is 24.4 Å². The fraction of sp³-hybridized carbons (Fsp3) is 0.667. The van der Waals surface area contributed by atoms with Crippen molar-refractivity contribution in [1.29, 1.82) is 0 Å². The Bertz CT molecular complexity index is 1710. The Morgan fingerprint density at radius 1 is 0.532 bits per heavy atom. The molecule has 438 valence electrons. The van der Waals surface area contributed by atoms with Crippen molar-refractivity contribution < 1.29 is 49.3 Å². The third kappa shape index (κ3) is 40.8. The van der Waals surface area contributed by atoms with Crippen LogP contribution in [-0.4, -0.2) is 99.6 Å². The molecule has 8 unspecified atom stereocenters. The molecule has 0 aliphatic carbocycles. The summed E-state index contributed by atoms with van der Waals surface area (Å²) < 4.78 is 17.6. The van der Waals surface area contributed by atoms with Crippen LogP contribution in [0.1, 0.15) is 220 Å². The smallest absolute Gasteiger partial charge is 0.306 e. The first-order valence-corrected chi connectivity index (χ1v) is 30.4. The van der Waals surface area contributed by atoms with Gasteiger partial charge in [-0.05, 0) is 89.9 Å². The van der Waals surface area contributed by atoms with Crippen molar-refractivity contribution in [3.8, 4) is 0 Å². The van der Waals surface area contributed by atoms with Gasteiger partial charge < -0.3 is 45.1 Å². The number of carbonyl (C=O) groups is 2. The van der Waals surface area contributed by atoms with Crippen LogP contribution in [-0.2, 0) is 23.8 Å². The summed E-state index contributed by atoms with van der Waals surface area (Å²) >= 11 is 0. The normalized spacial score (nSPS) is 19.9. The number of esters is 1. The SMILES string of the molecule is CC/C=C/C=C/C=C\C=C/C=C/CCCCC(O)C(=O)NC(COC1OC(CO)C(O)C(O)C1OC(=O)CCCCCCCCC/C=C\C/C=C\C/C=C\C/C=C\CCCCC)C(O)/C=C/CCCCCCCCCCC. The number of carbonyl (C=O) groups excluding carboxylic acids is 2. The van der Waals surface area contributed by atoms with Gasteiger partial charge in [0.2, 0.25) is 5.91 Å². The molecule has 11 heteroatoms. The number of amides is 1. The predicted octanol–water partition coefficient (Wildman–Crippen LogP) is 14.3. The van der Waals surface area contributed by atoms with Crippen LogP contribution in [0.15, 0.2) is 122 Å². The molecule has 0 spiro atoms. The van der Waals surface area contributed by atoms with E-state index in [2.05, 4.69) is 80.8 Å². The molecular formula is C66H109NO10. The number of hydrogen-bond acceptors (Lipinski definition) is 10. The molecule has 0 aromatic rings. The topological polar surface area (TPSA) is 175 Å². The number of ether oxygens (including phenoxy) is 3. The van der Waals surface area contributed by atoms with E-state index < -0.39 is 67.4 Å². The number of allylic oxidation sites excluding steroid dienone is 19. The van der Waals surface area contributed by atoms with Crippen molar-refractivity contribution in [3.05, 3.63) is 122 Å². The van der Waals surface area contributed by atoms with Crippen LogP contribution in [0.4, 0.5) is 0 Å². The maximum absolute atomic E-state index is 13.4. The maximum Gasteiger partial charge on any atom is 0.306 e. The second-order valence-corrected chi connectivity index (χ2v) is 20.5. The van der Waals surface area contributed by atoms with Gasteiger partial charge in [0.25, 0.3) is 0 Å². The standard InChI is InChI=1S/C66H109NO10/c1-4-7-10-13-16-19-22-24-26-27-28-29-30-31-32-33-34-36-39-42-45-48-51-54-61(71)77-64-63(73)62(72)60(55-68)76-66(64)75-56-57(58(69)52-49-46-43-40-37-21-18-15-12-9-6-3)67-65(74)59(70)53-50-47-44-41-38-35-25-23-20-17-14-11-8-5-2/h8,11,14,16-17,19-20,23-26,28-29,31-32,35,38,41,49,52,57-60,62-64,66,68-70,72-73H,4-7,9-10,12-13,15,18,21-22,27,30,33-34,36-37,39-40,42-48,50-51,53-56H2,1-3H3,(H,67,74)/b11-8+,17-14+,19-16-,23-20-,26-24-,29-28-,32-31-,35-25-,41-38+,52-49+. The van der Waals surface area contributed by atoms with E-state index in [1.807, 2.05) is 60.8 Å². The van der Waals surface area contributed by atoms with E-state index in [4.69, 9.17) is 14.2 Å². The van der Waals surface area contributed by atoms with Crippen molar-refractivity contribution in [1.82, 2.24) is 5.32 Å². The summed E-state index contributed by atoms with van der Waals surface area (Å²) in [7, 11) is 0. The number of aliphatic hydroxyl groups is 5. The van der Waals surface area contributed by atoms with Crippen molar-refractivity contribution in [2.75, 3.05) is 13.2 Å². The Labute approximate surface area is 468 Å². The van der Waals surface area contributed by atoms with Crippen molar-refractivity contribution in [2.45, 2.75) is 269 Å². The van der Waals surface area contributed by atoms with E-state index in [1.54, 1.807) is 6.08 Å². The van der Waals surface area contributed by atoms with Crippen LogP contribution in [0.25, 0.3) is 0 Å². The Hall–Kier alpha value is -3.94. The molecule has 8 atom stereocenters. The Morgan fingerprint density at radius 3 is 1.55 bits per heavy atom. The molecule has 11 nitrogen and oxygen atoms in total. The zero-order valence-electron chi connectivity index (χ0n) is 48.3. The second kappa shape index (κ2) is 52.7. The lowest BCUT2D eigenvalue weighted by molar-refractivity contribution is -0.305. The average Bonchev–Trinajstić information content (AvgIpc) is 3.43. The summed E-state index contributed by atoms with van der Waals surface area (Å²) in [5, 5.41) is 56.8. The van der Waals surface area contributed by atoms with Gasteiger partial charge >= 0.3 is 5.97 Å². The highest BCUT2D eigenvalue weighted by molar-refractivity contribution is 5.80. The lowest BCUT2D eigenvalue weighted by Gasteiger charge is -2.41. The van der Waals surface area contributed by atoms with Gasteiger partial charge in [0.15, 0.2) is 12.4 Å². The summed E-state index contributed by atoms with van der Waals surface area (Å²) in [5.41, 5.74) is 0. The van der Waals surface area contributed by atoms with Gasteiger partial charge in [-0.2, -0.15) is 0 Å². The largest absolute Gasteiger partial charge is 0.454 e. The lowest BCUT2D eigenvalue weighted by Crippen LogP contribution is -2.61. The minimum Gasteiger partial charge on any atom is -0.454 e. The fourth-order valence-electron chi connectivity index (χ4n) is 8.65. The van der Waals surface area contributed by atoms with Crippen molar-refractivity contribution in [3.63, 3.8) is 0 Å². The third-order valence-corrected chi connectivity index (χ3v) is 13.5. The number of unbranched alkanes of at least 4 members (excludes halogenated alkanes) is 21. The molecule has 0 saturated carbocycles. The van der Waals surface area contributed by atoms with Gasteiger partial charge in [-0.1, -0.05) is 245 Å². The van der Waals surface area contributed by atoms with Gasteiger partial charge in [0, 0.05) is 6.42 Å². The quantitative estimate of drug-likeness (QED) is 0.0149. The molecule has 1 saturated heterocycles. The zero-order chi connectivity index (χ0) is 56.1. The highest BCUT2D eigenvalue weighted by Crippen LogP contribution is 2.26. The molecule has 0 aromatic heterocycles. The number of aliphatic hydroxyl groups excluding tert-OH is 5. The Balaban J connectivity index is 2.68. The van der Waals surface area contributed by atoms with Crippen LogP contribution < -0.4 is 5.32 Å². The zero-order valence-corrected chi connectivity index (χ0v) is 48.3. The minimum atomic E-state index is -1.63. The van der Waals surface area contributed by atoms with Crippen LogP contribution >= 0.6 is 0 Å². The first-order valence-electron chi connectivity index (χ1n) is 30.4. The first-order chi connectivity index (χ1) is 37.7. The molecular weight excluding hydrogens is 967 g/mol. The minimum absolute atomic E-state index is 0.0983. The molecule has 1 rings (SSSR count). The first kappa shape index (κ1) is 71.1. The molecule has 1 heterocycles. The van der Waals surface area contributed by atoms with Gasteiger partial charge in [-0.25, -0.2) is 0 Å². The van der Waals surface area contributed by atoms with Gasteiger partial charge in [-0.3, -0.25) is 9.59 Å². The van der Waals surface area contributed by atoms with Gasteiger partial charge in [-0.15, -0.1) is 0 Å².